The Morgan fingerprint density at radius 2 is 1.66 bits per heavy atom. The molecule has 0 saturated carbocycles. The first-order valence-corrected chi connectivity index (χ1v) is 14.8. The minimum Gasteiger partial charge on any atom is -0.385 e. The Hall–Kier alpha value is -4.08. The molecule has 2 unspecified atom stereocenters. The van der Waals surface area contributed by atoms with E-state index >= 15 is 0 Å². The molecule has 0 radical (unpaired) electrons. The van der Waals surface area contributed by atoms with Gasteiger partial charge < -0.3 is 10.3 Å². The van der Waals surface area contributed by atoms with Gasteiger partial charge in [-0.05, 0) is 84.3 Å². The van der Waals surface area contributed by atoms with Crippen LogP contribution in [0.4, 0.5) is 0 Å². The van der Waals surface area contributed by atoms with Crippen molar-refractivity contribution in [3.8, 4) is 11.4 Å². The SMILES string of the molecule is C=C(C)CCNC(=C)c1ccc(C(CCC)C(c2ccc(Cl)cc2)c2cccc3nc(-c4ccc[nH]4)ccc23)cc1. The zero-order valence-corrected chi connectivity index (χ0v) is 24.7. The van der Waals surface area contributed by atoms with Crippen molar-refractivity contribution in [3.63, 3.8) is 0 Å². The van der Waals surface area contributed by atoms with Crippen molar-refractivity contribution < 1.29 is 0 Å². The highest BCUT2D eigenvalue weighted by Crippen LogP contribution is 2.44. The molecular formula is C37H38ClN3. The molecule has 5 rings (SSSR count). The number of rotatable bonds is 12. The molecule has 0 spiro atoms. The van der Waals surface area contributed by atoms with Crippen molar-refractivity contribution in [1.82, 2.24) is 15.3 Å². The summed E-state index contributed by atoms with van der Waals surface area (Å²) in [7, 11) is 0. The van der Waals surface area contributed by atoms with Crippen molar-refractivity contribution in [3.05, 3.63) is 143 Å². The van der Waals surface area contributed by atoms with E-state index in [1.807, 2.05) is 24.4 Å². The largest absolute Gasteiger partial charge is 0.385 e. The van der Waals surface area contributed by atoms with Gasteiger partial charge in [0.1, 0.15) is 0 Å². The standard InChI is InChI=1S/C37H38ClN3/c1-5-8-31(28-14-12-27(13-15-28)26(4)39-24-22-25(2)3)37(29-16-18-30(38)19-17-29)33-9-6-10-34-32(33)20-21-36(41-34)35-11-7-23-40-35/h6-7,9-21,23,31,37,39-40H,2,4-5,8,22,24H2,1,3H3. The molecule has 0 aliphatic carbocycles. The van der Waals surface area contributed by atoms with Gasteiger partial charge in [0.25, 0.3) is 0 Å². The monoisotopic (exact) mass is 559 g/mol. The second-order valence-electron chi connectivity index (χ2n) is 10.9. The van der Waals surface area contributed by atoms with Crippen LogP contribution in [-0.4, -0.2) is 16.5 Å². The van der Waals surface area contributed by atoms with E-state index in [0.29, 0.717) is 0 Å². The molecule has 4 heteroatoms. The first kappa shape index (κ1) is 28.4. The van der Waals surface area contributed by atoms with E-state index in [1.54, 1.807) is 0 Å². The van der Waals surface area contributed by atoms with E-state index < -0.39 is 0 Å². The van der Waals surface area contributed by atoms with Crippen molar-refractivity contribution >= 4 is 28.2 Å². The van der Waals surface area contributed by atoms with Gasteiger partial charge in [-0.3, -0.25) is 0 Å². The van der Waals surface area contributed by atoms with Gasteiger partial charge in [-0.15, -0.1) is 6.58 Å². The number of benzene rings is 3. The lowest BCUT2D eigenvalue weighted by atomic mass is 9.74. The maximum atomic E-state index is 6.35. The average Bonchev–Trinajstić information content (AvgIpc) is 3.53. The Kier molecular flexibility index (Phi) is 9.06. The fourth-order valence-electron chi connectivity index (χ4n) is 5.69. The summed E-state index contributed by atoms with van der Waals surface area (Å²) in [5.41, 5.74) is 10.0. The number of aromatic amines is 1. The molecular weight excluding hydrogens is 522 g/mol. The van der Waals surface area contributed by atoms with E-state index in [4.69, 9.17) is 16.6 Å². The molecule has 208 valence electrons. The summed E-state index contributed by atoms with van der Waals surface area (Å²) in [6, 6.07) is 32.2. The molecule has 0 saturated heterocycles. The third-order valence-electron chi connectivity index (χ3n) is 7.78. The molecule has 2 aromatic heterocycles. The topological polar surface area (TPSA) is 40.7 Å². The molecule has 0 aliphatic rings. The smallest absolute Gasteiger partial charge is 0.0872 e. The molecule has 41 heavy (non-hydrogen) atoms. The lowest BCUT2D eigenvalue weighted by Crippen LogP contribution is -2.15. The minimum absolute atomic E-state index is 0.136. The summed E-state index contributed by atoms with van der Waals surface area (Å²) >= 11 is 6.35. The van der Waals surface area contributed by atoms with Crippen LogP contribution < -0.4 is 5.32 Å². The van der Waals surface area contributed by atoms with Crippen LogP contribution in [-0.2, 0) is 0 Å². The van der Waals surface area contributed by atoms with Gasteiger partial charge in [-0.2, -0.15) is 0 Å². The predicted octanol–water partition coefficient (Wildman–Crippen LogP) is 10.1. The van der Waals surface area contributed by atoms with Gasteiger partial charge in [-0.1, -0.05) is 91.7 Å². The number of nitrogens with zero attached hydrogens (tertiary/aromatic N) is 1. The highest BCUT2D eigenvalue weighted by atomic mass is 35.5. The van der Waals surface area contributed by atoms with Crippen LogP contribution in [0.3, 0.4) is 0 Å². The highest BCUT2D eigenvalue weighted by molar-refractivity contribution is 6.30. The van der Waals surface area contributed by atoms with E-state index in [1.165, 1.54) is 27.6 Å². The Balaban J connectivity index is 1.56. The van der Waals surface area contributed by atoms with Crippen molar-refractivity contribution in [2.45, 2.75) is 44.9 Å². The Morgan fingerprint density at radius 3 is 2.34 bits per heavy atom. The maximum Gasteiger partial charge on any atom is 0.0872 e. The summed E-state index contributed by atoms with van der Waals surface area (Å²) in [6.45, 7) is 13.4. The van der Waals surface area contributed by atoms with Gasteiger partial charge >= 0.3 is 0 Å². The van der Waals surface area contributed by atoms with E-state index in [2.05, 4.69) is 110 Å². The molecule has 3 aromatic carbocycles. The Labute approximate surface area is 249 Å². The molecule has 3 nitrogen and oxygen atoms in total. The molecule has 2 atom stereocenters. The van der Waals surface area contributed by atoms with Gasteiger partial charge in [0.2, 0.25) is 0 Å². The van der Waals surface area contributed by atoms with Crippen molar-refractivity contribution in [2.75, 3.05) is 6.54 Å². The zero-order chi connectivity index (χ0) is 28.8. The van der Waals surface area contributed by atoms with E-state index in [9.17, 15) is 0 Å². The van der Waals surface area contributed by atoms with Gasteiger partial charge in [-0.25, -0.2) is 4.98 Å². The third kappa shape index (κ3) is 6.64. The molecule has 0 bridgehead atoms. The summed E-state index contributed by atoms with van der Waals surface area (Å²) in [6.07, 6.45) is 4.99. The highest BCUT2D eigenvalue weighted by Gasteiger charge is 2.28. The van der Waals surface area contributed by atoms with Crippen LogP contribution in [0.15, 0.2) is 116 Å². The van der Waals surface area contributed by atoms with E-state index in [-0.39, 0.29) is 11.8 Å². The first-order chi connectivity index (χ1) is 19.9. The number of halogens is 1. The molecule has 0 aliphatic heterocycles. The number of pyridine rings is 1. The lowest BCUT2D eigenvalue weighted by Gasteiger charge is -2.30. The molecule has 5 aromatic rings. The summed E-state index contributed by atoms with van der Waals surface area (Å²) < 4.78 is 0. The van der Waals surface area contributed by atoms with Crippen LogP contribution in [0, 0.1) is 0 Å². The van der Waals surface area contributed by atoms with Gasteiger partial charge in [0.15, 0.2) is 0 Å². The molecule has 0 fully saturated rings. The number of aromatic nitrogens is 2. The first-order valence-electron chi connectivity index (χ1n) is 14.4. The van der Waals surface area contributed by atoms with Crippen LogP contribution in [0.25, 0.3) is 28.0 Å². The van der Waals surface area contributed by atoms with Crippen LogP contribution in [0.5, 0.6) is 0 Å². The normalized spacial score (nSPS) is 12.7. The lowest BCUT2D eigenvalue weighted by molar-refractivity contribution is 0.553. The third-order valence-corrected chi connectivity index (χ3v) is 8.04. The molecule has 2 heterocycles. The molecule has 0 amide bonds. The summed E-state index contributed by atoms with van der Waals surface area (Å²) in [5, 5.41) is 5.37. The van der Waals surface area contributed by atoms with Crippen LogP contribution in [0.1, 0.15) is 67.2 Å². The predicted molar refractivity (Wildman–Crippen MR) is 175 cm³/mol. The van der Waals surface area contributed by atoms with E-state index in [0.717, 1.165) is 59.0 Å². The number of nitrogens with one attached hydrogen (secondary N) is 2. The van der Waals surface area contributed by atoms with Gasteiger partial charge in [0, 0.05) is 34.8 Å². The molecule has 2 N–H and O–H groups in total. The van der Waals surface area contributed by atoms with Crippen molar-refractivity contribution in [2.24, 2.45) is 0 Å². The average molecular weight is 560 g/mol. The van der Waals surface area contributed by atoms with Crippen LogP contribution in [0.2, 0.25) is 5.02 Å². The Bertz CT molecular complexity index is 1620. The zero-order valence-electron chi connectivity index (χ0n) is 24.0. The van der Waals surface area contributed by atoms with Gasteiger partial charge in [0.05, 0.1) is 16.9 Å². The number of fused-ring (bicyclic) bond motifs is 1. The fraction of sp³-hybridized carbons (Fsp3) is 0.216. The second kappa shape index (κ2) is 13.1. The number of hydrogen-bond acceptors (Lipinski definition) is 2. The maximum absolute atomic E-state index is 6.35. The number of hydrogen-bond donors (Lipinski definition) is 2. The second-order valence-corrected chi connectivity index (χ2v) is 11.3. The minimum atomic E-state index is 0.136. The summed E-state index contributed by atoms with van der Waals surface area (Å²) in [4.78, 5) is 8.32. The quantitative estimate of drug-likeness (QED) is 0.149. The van der Waals surface area contributed by atoms with Crippen molar-refractivity contribution in [1.29, 1.82) is 0 Å². The summed E-state index contributed by atoms with van der Waals surface area (Å²) in [5.74, 6) is 0.408. The Morgan fingerprint density at radius 1 is 0.902 bits per heavy atom. The van der Waals surface area contributed by atoms with Crippen LogP contribution >= 0.6 is 11.6 Å². The number of H-pyrrole nitrogens is 1. The fourth-order valence-corrected chi connectivity index (χ4v) is 5.81.